The van der Waals surface area contributed by atoms with Gasteiger partial charge in [-0.25, -0.2) is 9.18 Å². The molecule has 0 aliphatic heterocycles. The monoisotopic (exact) mass is 279 g/mol. The first-order valence-electron chi connectivity index (χ1n) is 7.28. The number of esters is 1. The van der Waals surface area contributed by atoms with E-state index in [0.717, 1.165) is 25.7 Å². The van der Waals surface area contributed by atoms with E-state index >= 15 is 0 Å². The van der Waals surface area contributed by atoms with Crippen molar-refractivity contribution < 1.29 is 13.9 Å². The standard InChI is InChI=1S/C16H22FNO2/c1-3-20-15(19)16(2,18-12-8-4-5-9-12)13-10-6-7-11-14(13)17/h6-7,10-12,18H,3-5,8-9H2,1-2H3. The number of benzene rings is 1. The molecule has 0 heterocycles. The predicted octanol–water partition coefficient (Wildman–Crippen LogP) is 3.14. The van der Waals surface area contributed by atoms with E-state index in [4.69, 9.17) is 4.74 Å². The Labute approximate surface area is 119 Å². The van der Waals surface area contributed by atoms with Crippen molar-refractivity contribution in [3.63, 3.8) is 0 Å². The molecule has 2 rings (SSSR count). The number of halogens is 1. The van der Waals surface area contributed by atoms with E-state index in [9.17, 15) is 9.18 Å². The van der Waals surface area contributed by atoms with Crippen molar-refractivity contribution in [2.24, 2.45) is 0 Å². The highest BCUT2D eigenvalue weighted by Crippen LogP contribution is 2.29. The van der Waals surface area contributed by atoms with E-state index in [1.54, 1.807) is 32.0 Å². The second kappa shape index (κ2) is 6.35. The lowest BCUT2D eigenvalue weighted by Gasteiger charge is -2.32. The van der Waals surface area contributed by atoms with Crippen LogP contribution in [0.15, 0.2) is 24.3 Å². The molecule has 0 amide bonds. The fourth-order valence-electron chi connectivity index (χ4n) is 2.87. The van der Waals surface area contributed by atoms with Crippen LogP contribution in [0.3, 0.4) is 0 Å². The Kier molecular flexibility index (Phi) is 4.76. The van der Waals surface area contributed by atoms with E-state index in [2.05, 4.69) is 5.32 Å². The minimum atomic E-state index is -1.13. The lowest BCUT2D eigenvalue weighted by atomic mass is 9.90. The molecule has 0 aromatic heterocycles. The van der Waals surface area contributed by atoms with Gasteiger partial charge in [-0.15, -0.1) is 0 Å². The van der Waals surface area contributed by atoms with Crippen LogP contribution in [0.4, 0.5) is 4.39 Å². The zero-order valence-corrected chi connectivity index (χ0v) is 12.1. The molecule has 0 bridgehead atoms. The maximum absolute atomic E-state index is 14.1. The van der Waals surface area contributed by atoms with Crippen molar-refractivity contribution in [3.8, 4) is 0 Å². The summed E-state index contributed by atoms with van der Waals surface area (Å²) >= 11 is 0. The van der Waals surface area contributed by atoms with Crippen molar-refractivity contribution in [2.75, 3.05) is 6.61 Å². The second-order valence-electron chi connectivity index (χ2n) is 5.45. The molecule has 0 spiro atoms. The molecular weight excluding hydrogens is 257 g/mol. The summed E-state index contributed by atoms with van der Waals surface area (Å²) < 4.78 is 19.3. The van der Waals surface area contributed by atoms with Crippen LogP contribution in [0.5, 0.6) is 0 Å². The topological polar surface area (TPSA) is 38.3 Å². The van der Waals surface area contributed by atoms with Gasteiger partial charge in [0.1, 0.15) is 11.4 Å². The lowest BCUT2D eigenvalue weighted by molar-refractivity contribution is -0.151. The fraction of sp³-hybridized carbons (Fsp3) is 0.562. The second-order valence-corrected chi connectivity index (χ2v) is 5.45. The van der Waals surface area contributed by atoms with Crippen molar-refractivity contribution in [1.82, 2.24) is 5.32 Å². The molecule has 4 heteroatoms. The molecule has 3 nitrogen and oxygen atoms in total. The van der Waals surface area contributed by atoms with Gasteiger partial charge in [0.15, 0.2) is 0 Å². The maximum atomic E-state index is 14.1. The molecule has 20 heavy (non-hydrogen) atoms. The summed E-state index contributed by atoms with van der Waals surface area (Å²) in [6.07, 6.45) is 4.33. The Hall–Kier alpha value is -1.42. The van der Waals surface area contributed by atoms with E-state index in [1.165, 1.54) is 6.07 Å². The Morgan fingerprint density at radius 2 is 2.05 bits per heavy atom. The lowest BCUT2D eigenvalue weighted by Crippen LogP contribution is -2.52. The van der Waals surface area contributed by atoms with E-state index in [0.29, 0.717) is 5.56 Å². The molecule has 1 N–H and O–H groups in total. The van der Waals surface area contributed by atoms with Gasteiger partial charge in [0.05, 0.1) is 6.61 Å². The molecule has 0 saturated heterocycles. The molecule has 0 radical (unpaired) electrons. The Morgan fingerprint density at radius 3 is 2.65 bits per heavy atom. The summed E-state index contributed by atoms with van der Waals surface area (Å²) in [5.41, 5.74) is -0.776. The highest BCUT2D eigenvalue weighted by Gasteiger charge is 2.40. The van der Waals surface area contributed by atoms with Gasteiger partial charge in [-0.05, 0) is 32.8 Å². The van der Waals surface area contributed by atoms with Gasteiger partial charge >= 0.3 is 5.97 Å². The molecule has 1 aromatic carbocycles. The molecule has 1 atom stereocenters. The highest BCUT2D eigenvalue weighted by atomic mass is 19.1. The predicted molar refractivity (Wildman–Crippen MR) is 75.8 cm³/mol. The summed E-state index contributed by atoms with van der Waals surface area (Å²) in [6.45, 7) is 3.76. The molecule has 1 aromatic rings. The number of rotatable bonds is 5. The van der Waals surface area contributed by atoms with E-state index in [1.807, 2.05) is 0 Å². The third kappa shape index (κ3) is 3.01. The summed E-state index contributed by atoms with van der Waals surface area (Å²) in [5.74, 6) is -0.800. The molecule has 1 aliphatic rings. The molecule has 1 fully saturated rings. The Balaban J connectivity index is 2.32. The van der Waals surface area contributed by atoms with Crippen molar-refractivity contribution in [2.45, 2.75) is 51.1 Å². The van der Waals surface area contributed by atoms with Gasteiger partial charge in [0.2, 0.25) is 0 Å². The van der Waals surface area contributed by atoms with Crippen LogP contribution < -0.4 is 5.32 Å². The third-order valence-corrected chi connectivity index (χ3v) is 3.94. The van der Waals surface area contributed by atoms with Crippen LogP contribution in [0.2, 0.25) is 0 Å². The number of hydrogen-bond acceptors (Lipinski definition) is 3. The van der Waals surface area contributed by atoms with Crippen LogP contribution >= 0.6 is 0 Å². The van der Waals surface area contributed by atoms with E-state index < -0.39 is 11.5 Å². The minimum Gasteiger partial charge on any atom is -0.464 e. The van der Waals surface area contributed by atoms with Crippen LogP contribution in [-0.4, -0.2) is 18.6 Å². The quantitative estimate of drug-likeness (QED) is 0.842. The summed E-state index contributed by atoms with van der Waals surface area (Å²) in [5, 5.41) is 3.32. The first-order valence-corrected chi connectivity index (χ1v) is 7.28. The zero-order chi connectivity index (χ0) is 14.6. The number of carbonyl (C=O) groups excluding carboxylic acids is 1. The summed E-state index contributed by atoms with van der Waals surface area (Å²) in [4.78, 5) is 12.4. The van der Waals surface area contributed by atoms with Gasteiger partial charge in [0.25, 0.3) is 0 Å². The van der Waals surface area contributed by atoms with Crippen molar-refractivity contribution in [3.05, 3.63) is 35.6 Å². The first-order chi connectivity index (χ1) is 9.58. The van der Waals surface area contributed by atoms with Gasteiger partial charge in [0, 0.05) is 11.6 Å². The third-order valence-electron chi connectivity index (χ3n) is 3.94. The van der Waals surface area contributed by atoms with Gasteiger partial charge in [-0.1, -0.05) is 31.0 Å². The van der Waals surface area contributed by atoms with Crippen molar-refractivity contribution >= 4 is 5.97 Å². The smallest absolute Gasteiger partial charge is 0.330 e. The van der Waals surface area contributed by atoms with Crippen molar-refractivity contribution in [1.29, 1.82) is 0 Å². The number of carbonyl (C=O) groups is 1. The number of hydrogen-bond donors (Lipinski definition) is 1. The largest absolute Gasteiger partial charge is 0.464 e. The number of ether oxygens (including phenoxy) is 1. The average Bonchev–Trinajstić information content (AvgIpc) is 2.92. The van der Waals surface area contributed by atoms with Gasteiger partial charge in [-0.2, -0.15) is 0 Å². The maximum Gasteiger partial charge on any atom is 0.330 e. The van der Waals surface area contributed by atoms with Crippen LogP contribution in [-0.2, 0) is 15.1 Å². The number of nitrogens with one attached hydrogen (secondary N) is 1. The molecule has 1 unspecified atom stereocenters. The SMILES string of the molecule is CCOC(=O)C(C)(NC1CCCC1)c1ccccc1F. The average molecular weight is 279 g/mol. The van der Waals surface area contributed by atoms with Crippen LogP contribution in [0.25, 0.3) is 0 Å². The van der Waals surface area contributed by atoms with E-state index in [-0.39, 0.29) is 18.5 Å². The molecule has 110 valence electrons. The molecule has 1 saturated carbocycles. The zero-order valence-electron chi connectivity index (χ0n) is 12.1. The van der Waals surface area contributed by atoms with Gasteiger partial charge < -0.3 is 4.74 Å². The van der Waals surface area contributed by atoms with Gasteiger partial charge in [-0.3, -0.25) is 5.32 Å². The highest BCUT2D eigenvalue weighted by molar-refractivity contribution is 5.82. The van der Waals surface area contributed by atoms with Crippen LogP contribution in [0.1, 0.15) is 45.1 Å². The summed E-state index contributed by atoms with van der Waals surface area (Å²) in [6, 6.07) is 6.63. The molecule has 1 aliphatic carbocycles. The summed E-state index contributed by atoms with van der Waals surface area (Å²) in [7, 11) is 0. The minimum absolute atomic E-state index is 0.240. The van der Waals surface area contributed by atoms with Crippen LogP contribution in [0, 0.1) is 5.82 Å². The Bertz CT molecular complexity index is 471. The normalized spacial score (nSPS) is 18.8. The Morgan fingerprint density at radius 1 is 1.40 bits per heavy atom. The molecular formula is C16H22FNO2. The fourth-order valence-corrected chi connectivity index (χ4v) is 2.87. The first kappa shape index (κ1) is 15.0.